The van der Waals surface area contributed by atoms with Crippen molar-refractivity contribution in [2.75, 3.05) is 0 Å². The predicted molar refractivity (Wildman–Crippen MR) is 95.1 cm³/mol. The molecule has 0 aromatic carbocycles. The van der Waals surface area contributed by atoms with Crippen LogP contribution >= 0.6 is 0 Å². The number of rotatable bonds is 6. The van der Waals surface area contributed by atoms with E-state index in [-0.39, 0.29) is 16.7 Å². The summed E-state index contributed by atoms with van der Waals surface area (Å²) in [4.78, 5) is 28.8. The highest BCUT2D eigenvalue weighted by Gasteiger charge is 1.92. The van der Waals surface area contributed by atoms with Crippen molar-refractivity contribution in [3.05, 3.63) is 36.5 Å². The minimum absolute atomic E-state index is 0.176. The van der Waals surface area contributed by atoms with Gasteiger partial charge in [0.2, 0.25) is 0 Å². The number of hydrogen-bond donors (Lipinski definition) is 5. The first kappa shape index (κ1) is 30.4. The van der Waals surface area contributed by atoms with E-state index in [0.29, 0.717) is 6.42 Å². The predicted octanol–water partition coefficient (Wildman–Crippen LogP) is 2.43. The number of aliphatic hydroxyl groups is 2. The van der Waals surface area contributed by atoms with Crippen LogP contribution in [0, 0.1) is 0 Å². The SMILES string of the molecule is C=C(C)C(=O)O.C=C(C)C(=O)O.C=C(C)C(=O)O.CCCCC(O)O. The van der Waals surface area contributed by atoms with E-state index in [4.69, 9.17) is 25.5 Å². The summed E-state index contributed by atoms with van der Waals surface area (Å²) in [5.41, 5.74) is 0.528. The number of carboxylic acid groups (broad SMARTS) is 3. The van der Waals surface area contributed by atoms with Crippen LogP contribution in [0.5, 0.6) is 0 Å². The number of carbonyl (C=O) groups is 3. The van der Waals surface area contributed by atoms with Gasteiger partial charge in [-0.1, -0.05) is 33.1 Å². The molecule has 0 aliphatic rings. The summed E-state index contributed by atoms with van der Waals surface area (Å²) in [6, 6.07) is 0. The highest BCUT2D eigenvalue weighted by atomic mass is 16.5. The number of aliphatic hydroxyl groups excluding tert-OH is 1. The monoisotopic (exact) mass is 362 g/mol. The smallest absolute Gasteiger partial charge is 0.330 e. The molecule has 5 N–H and O–H groups in total. The third kappa shape index (κ3) is 44.9. The highest BCUT2D eigenvalue weighted by molar-refractivity contribution is 5.85. The van der Waals surface area contributed by atoms with Gasteiger partial charge in [0.15, 0.2) is 6.29 Å². The second-order valence-corrected chi connectivity index (χ2v) is 4.88. The van der Waals surface area contributed by atoms with Gasteiger partial charge in [0.25, 0.3) is 0 Å². The minimum Gasteiger partial charge on any atom is -0.478 e. The van der Waals surface area contributed by atoms with Gasteiger partial charge in [-0.3, -0.25) is 0 Å². The van der Waals surface area contributed by atoms with E-state index >= 15 is 0 Å². The lowest BCUT2D eigenvalue weighted by molar-refractivity contribution is -0.133. The molecule has 0 heterocycles. The highest BCUT2D eigenvalue weighted by Crippen LogP contribution is 1.95. The Morgan fingerprint density at radius 3 is 1.00 bits per heavy atom. The summed E-state index contributed by atoms with van der Waals surface area (Å²) in [7, 11) is 0. The van der Waals surface area contributed by atoms with Gasteiger partial charge < -0.3 is 25.5 Å². The zero-order valence-electron chi connectivity index (χ0n) is 15.3. The van der Waals surface area contributed by atoms with Gasteiger partial charge >= 0.3 is 17.9 Å². The molecule has 0 aromatic rings. The molecule has 0 radical (unpaired) electrons. The van der Waals surface area contributed by atoms with E-state index < -0.39 is 24.2 Å². The van der Waals surface area contributed by atoms with E-state index in [2.05, 4.69) is 19.7 Å². The Balaban J connectivity index is -0.000000118. The van der Waals surface area contributed by atoms with Crippen molar-refractivity contribution >= 4 is 17.9 Å². The van der Waals surface area contributed by atoms with Crippen molar-refractivity contribution in [1.82, 2.24) is 0 Å². The number of carboxylic acids is 3. The van der Waals surface area contributed by atoms with Crippen molar-refractivity contribution in [2.24, 2.45) is 0 Å². The molecule has 0 bridgehead atoms. The summed E-state index contributed by atoms with van der Waals surface area (Å²) in [5.74, 6) is -2.81. The van der Waals surface area contributed by atoms with Crippen LogP contribution in [-0.4, -0.2) is 49.7 Å². The number of aliphatic carboxylic acids is 3. The van der Waals surface area contributed by atoms with Gasteiger partial charge in [-0.25, -0.2) is 14.4 Å². The van der Waals surface area contributed by atoms with Crippen LogP contribution < -0.4 is 0 Å². The lowest BCUT2D eigenvalue weighted by atomic mass is 10.2. The first-order valence-electron chi connectivity index (χ1n) is 7.23. The third-order valence-corrected chi connectivity index (χ3v) is 1.91. The molecule has 0 atom stereocenters. The second-order valence-electron chi connectivity index (χ2n) is 4.88. The van der Waals surface area contributed by atoms with Crippen LogP contribution in [0.15, 0.2) is 36.5 Å². The summed E-state index contributed by atoms with van der Waals surface area (Å²) in [5, 5.41) is 40.2. The molecule has 0 aliphatic carbocycles. The molecular weight excluding hydrogens is 332 g/mol. The fraction of sp³-hybridized carbons (Fsp3) is 0.471. The fourth-order valence-corrected chi connectivity index (χ4v) is 0.387. The van der Waals surface area contributed by atoms with Crippen LogP contribution in [0.1, 0.15) is 47.0 Å². The molecule has 8 heteroatoms. The Bertz CT molecular complexity index is 357. The molecule has 0 saturated heterocycles. The van der Waals surface area contributed by atoms with Crippen LogP contribution in [0.2, 0.25) is 0 Å². The molecule has 0 rings (SSSR count). The summed E-state index contributed by atoms with van der Waals surface area (Å²) in [6.07, 6.45) is 1.34. The van der Waals surface area contributed by atoms with E-state index in [0.717, 1.165) is 12.8 Å². The van der Waals surface area contributed by atoms with Gasteiger partial charge in [-0.15, -0.1) is 0 Å². The lowest BCUT2D eigenvalue weighted by Crippen LogP contribution is -2.02. The van der Waals surface area contributed by atoms with Crippen LogP contribution in [0.3, 0.4) is 0 Å². The molecule has 0 amide bonds. The van der Waals surface area contributed by atoms with Crippen LogP contribution in [-0.2, 0) is 14.4 Å². The number of unbranched alkanes of at least 4 members (excludes halogenated alkanes) is 1. The minimum atomic E-state index is -1.10. The van der Waals surface area contributed by atoms with Crippen LogP contribution in [0.4, 0.5) is 0 Å². The van der Waals surface area contributed by atoms with Crippen molar-refractivity contribution in [1.29, 1.82) is 0 Å². The zero-order chi connectivity index (χ0) is 21.2. The molecule has 0 spiro atoms. The molecule has 0 aromatic heterocycles. The Labute approximate surface area is 148 Å². The van der Waals surface area contributed by atoms with Gasteiger partial charge in [0.05, 0.1) is 0 Å². The molecule has 8 nitrogen and oxygen atoms in total. The van der Waals surface area contributed by atoms with Gasteiger partial charge in [0, 0.05) is 16.7 Å². The van der Waals surface area contributed by atoms with E-state index in [9.17, 15) is 14.4 Å². The molecule has 25 heavy (non-hydrogen) atoms. The van der Waals surface area contributed by atoms with Crippen molar-refractivity contribution in [3.63, 3.8) is 0 Å². The normalized spacial score (nSPS) is 8.28. The second kappa shape index (κ2) is 19.6. The van der Waals surface area contributed by atoms with E-state index in [1.54, 1.807) is 0 Å². The van der Waals surface area contributed by atoms with Gasteiger partial charge in [0.1, 0.15) is 0 Å². The average Bonchev–Trinajstić information content (AvgIpc) is 2.46. The number of hydrogen-bond acceptors (Lipinski definition) is 5. The van der Waals surface area contributed by atoms with Crippen molar-refractivity contribution < 1.29 is 39.9 Å². The average molecular weight is 362 g/mol. The van der Waals surface area contributed by atoms with E-state index in [1.165, 1.54) is 20.8 Å². The Kier molecular flexibility index (Phi) is 23.9. The molecule has 0 fully saturated rings. The Morgan fingerprint density at radius 2 is 0.960 bits per heavy atom. The molecule has 0 unspecified atom stereocenters. The zero-order valence-corrected chi connectivity index (χ0v) is 15.3. The quantitative estimate of drug-likeness (QED) is 0.357. The Morgan fingerprint density at radius 1 is 0.760 bits per heavy atom. The maximum atomic E-state index is 9.60. The first-order valence-corrected chi connectivity index (χ1v) is 7.23. The van der Waals surface area contributed by atoms with Crippen molar-refractivity contribution in [3.8, 4) is 0 Å². The lowest BCUT2D eigenvalue weighted by Gasteiger charge is -1.97. The first-order chi connectivity index (χ1) is 11.2. The maximum absolute atomic E-state index is 9.60. The summed E-state index contributed by atoms with van der Waals surface area (Å²) >= 11 is 0. The largest absolute Gasteiger partial charge is 0.478 e. The van der Waals surface area contributed by atoms with Crippen LogP contribution in [0.25, 0.3) is 0 Å². The van der Waals surface area contributed by atoms with E-state index in [1.807, 2.05) is 6.92 Å². The van der Waals surface area contributed by atoms with Gasteiger partial charge in [-0.05, 0) is 33.6 Å². The topological polar surface area (TPSA) is 152 Å². The van der Waals surface area contributed by atoms with Gasteiger partial charge in [-0.2, -0.15) is 0 Å². The molecule has 0 saturated carbocycles. The molecule has 0 aliphatic heterocycles. The molecular formula is C17H30O8. The van der Waals surface area contributed by atoms with Crippen molar-refractivity contribution in [2.45, 2.75) is 53.2 Å². The third-order valence-electron chi connectivity index (χ3n) is 1.91. The summed E-state index contributed by atoms with van der Waals surface area (Å²) in [6.45, 7) is 15.8. The standard InChI is InChI=1S/C5H12O2.3C4H6O2/c1-2-3-4-5(6)7;3*1-3(2)4(5)6/h5-7H,2-4H2,1H3;3*1H2,2H3,(H,5,6). The Hall–Kier alpha value is -2.45. The summed E-state index contributed by atoms with van der Waals surface area (Å²) < 4.78 is 0. The molecule has 146 valence electrons. The maximum Gasteiger partial charge on any atom is 0.330 e. The fourth-order valence-electron chi connectivity index (χ4n) is 0.387.